The van der Waals surface area contributed by atoms with Crippen LogP contribution in [0, 0.1) is 0 Å². The number of halogens is 2. The molecule has 28 heavy (non-hydrogen) atoms. The van der Waals surface area contributed by atoms with E-state index in [2.05, 4.69) is 31.9 Å². The van der Waals surface area contributed by atoms with Crippen molar-refractivity contribution in [1.29, 1.82) is 0 Å². The molecule has 0 aromatic carbocycles. The Bertz CT molecular complexity index is 320. The number of carbonyl (C=O) groups excluding carboxylic acids is 2. The maximum Gasteiger partial charge on any atom is 0.314 e. The molecule has 0 saturated carbocycles. The first-order valence-corrected chi connectivity index (χ1v) is 10.2. The highest BCUT2D eigenvalue weighted by Crippen LogP contribution is 1.86. The number of hydrogen-bond donors (Lipinski definition) is 6. The summed E-state index contributed by atoms with van der Waals surface area (Å²) < 4.78 is 0. The van der Waals surface area contributed by atoms with Gasteiger partial charge in [-0.05, 0) is 64.7 Å². The minimum Gasteiger partial charge on any atom is -0.338 e. The zero-order chi connectivity index (χ0) is 19.3. The zero-order valence-electron chi connectivity index (χ0n) is 17.5. The van der Waals surface area contributed by atoms with Crippen molar-refractivity contribution in [2.24, 2.45) is 0 Å². The summed E-state index contributed by atoms with van der Waals surface area (Å²) in [4.78, 5) is 22.6. The van der Waals surface area contributed by atoms with Gasteiger partial charge in [0.05, 0.1) is 0 Å². The van der Waals surface area contributed by atoms with Crippen molar-refractivity contribution in [3.63, 3.8) is 0 Å². The summed E-state index contributed by atoms with van der Waals surface area (Å²) >= 11 is 0. The smallest absolute Gasteiger partial charge is 0.314 e. The van der Waals surface area contributed by atoms with E-state index in [1.165, 1.54) is 0 Å². The van der Waals surface area contributed by atoms with E-state index in [0.29, 0.717) is 13.1 Å². The molecule has 0 fully saturated rings. The maximum atomic E-state index is 11.3. The average Bonchev–Trinajstić information content (AvgIpc) is 2.64. The number of rotatable bonds is 17. The Hall–Kier alpha value is -0.960. The maximum absolute atomic E-state index is 11.3. The SMILES string of the molecule is CCCNC(=O)NCCCNCCCCNCCCNC(=O)NCCC.Cl.Cl. The van der Waals surface area contributed by atoms with E-state index in [0.717, 1.165) is 77.8 Å². The third-order valence-corrected chi connectivity index (χ3v) is 3.66. The Morgan fingerprint density at radius 1 is 0.500 bits per heavy atom. The highest BCUT2D eigenvalue weighted by atomic mass is 35.5. The summed E-state index contributed by atoms with van der Waals surface area (Å²) in [6.45, 7) is 10.8. The lowest BCUT2D eigenvalue weighted by molar-refractivity contribution is 0.240. The quantitative estimate of drug-likeness (QED) is 0.193. The van der Waals surface area contributed by atoms with Crippen LogP contribution in [0.3, 0.4) is 0 Å². The van der Waals surface area contributed by atoms with Crippen LogP contribution in [0.15, 0.2) is 0 Å². The lowest BCUT2D eigenvalue weighted by atomic mass is 10.3. The van der Waals surface area contributed by atoms with E-state index >= 15 is 0 Å². The summed E-state index contributed by atoms with van der Waals surface area (Å²) in [5.74, 6) is 0. The summed E-state index contributed by atoms with van der Waals surface area (Å²) in [5, 5.41) is 18.0. The van der Waals surface area contributed by atoms with Crippen LogP contribution in [0.1, 0.15) is 52.4 Å². The van der Waals surface area contributed by atoms with Crippen LogP contribution in [0.2, 0.25) is 0 Å². The first kappa shape index (κ1) is 31.7. The summed E-state index contributed by atoms with van der Waals surface area (Å²) in [7, 11) is 0. The van der Waals surface area contributed by atoms with Crippen molar-refractivity contribution in [3.05, 3.63) is 0 Å². The molecule has 0 aromatic rings. The van der Waals surface area contributed by atoms with E-state index in [9.17, 15) is 9.59 Å². The molecule has 8 nitrogen and oxygen atoms in total. The van der Waals surface area contributed by atoms with Gasteiger partial charge in [-0.2, -0.15) is 0 Å². The Balaban J connectivity index is -0.00000312. The van der Waals surface area contributed by atoms with Crippen LogP contribution in [0.25, 0.3) is 0 Å². The lowest BCUT2D eigenvalue weighted by Crippen LogP contribution is -2.37. The molecule has 6 N–H and O–H groups in total. The van der Waals surface area contributed by atoms with Crippen molar-refractivity contribution in [2.45, 2.75) is 52.4 Å². The molecule has 0 unspecified atom stereocenters. The zero-order valence-corrected chi connectivity index (χ0v) is 19.2. The molecular weight excluding hydrogens is 403 g/mol. The number of unbranched alkanes of at least 4 members (excludes halogenated alkanes) is 1. The number of hydrogen-bond acceptors (Lipinski definition) is 4. The molecule has 0 heterocycles. The Morgan fingerprint density at radius 2 is 0.821 bits per heavy atom. The Kier molecular flexibility index (Phi) is 29.5. The predicted molar refractivity (Wildman–Crippen MR) is 122 cm³/mol. The standard InChI is InChI=1S/C18H40N6O2.2ClH/c1-3-9-21-17(25)23-15-7-13-19-11-5-6-12-20-14-8-16-24-18(26)22-10-4-2;;/h19-20H,3-16H2,1-2H3,(H2,21,23,25)(H2,22,24,26);2*1H. The molecular formula is C18H42Cl2N6O2. The highest BCUT2D eigenvalue weighted by Gasteiger charge is 1.98. The van der Waals surface area contributed by atoms with Gasteiger partial charge in [-0.3, -0.25) is 0 Å². The molecule has 0 rings (SSSR count). The number of amides is 4. The van der Waals surface area contributed by atoms with Gasteiger partial charge in [-0.15, -0.1) is 24.8 Å². The average molecular weight is 445 g/mol. The summed E-state index contributed by atoms with van der Waals surface area (Å²) in [6.07, 6.45) is 6.06. The molecule has 0 aliphatic carbocycles. The molecule has 0 radical (unpaired) electrons. The minimum atomic E-state index is -0.0743. The molecule has 4 amide bonds. The third kappa shape index (κ3) is 25.0. The van der Waals surface area contributed by atoms with Crippen LogP contribution in [-0.4, -0.2) is 64.4 Å². The second-order valence-corrected chi connectivity index (χ2v) is 6.28. The second kappa shape index (κ2) is 26.0. The number of carbonyl (C=O) groups is 2. The molecule has 0 aromatic heterocycles. The van der Waals surface area contributed by atoms with Crippen LogP contribution < -0.4 is 31.9 Å². The van der Waals surface area contributed by atoms with Gasteiger partial charge < -0.3 is 31.9 Å². The summed E-state index contributed by atoms with van der Waals surface area (Å²) in [6, 6.07) is -0.149. The molecule has 0 atom stereocenters. The minimum absolute atomic E-state index is 0. The van der Waals surface area contributed by atoms with Crippen LogP contribution in [-0.2, 0) is 0 Å². The van der Waals surface area contributed by atoms with Gasteiger partial charge in [0.25, 0.3) is 0 Å². The monoisotopic (exact) mass is 444 g/mol. The topological polar surface area (TPSA) is 106 Å². The van der Waals surface area contributed by atoms with E-state index in [1.807, 2.05) is 13.8 Å². The summed E-state index contributed by atoms with van der Waals surface area (Å²) in [5.41, 5.74) is 0. The highest BCUT2D eigenvalue weighted by molar-refractivity contribution is 5.85. The first-order chi connectivity index (χ1) is 12.7. The van der Waals surface area contributed by atoms with Gasteiger partial charge in [-0.25, -0.2) is 9.59 Å². The molecule has 10 heteroatoms. The molecule has 0 spiro atoms. The normalized spacial score (nSPS) is 9.64. The van der Waals surface area contributed by atoms with Gasteiger partial charge in [0, 0.05) is 26.2 Å². The van der Waals surface area contributed by atoms with Crippen LogP contribution in [0.5, 0.6) is 0 Å². The van der Waals surface area contributed by atoms with Gasteiger partial charge in [0.1, 0.15) is 0 Å². The van der Waals surface area contributed by atoms with Crippen molar-refractivity contribution < 1.29 is 9.59 Å². The van der Waals surface area contributed by atoms with Crippen LogP contribution in [0.4, 0.5) is 9.59 Å². The fourth-order valence-electron chi connectivity index (χ4n) is 2.18. The van der Waals surface area contributed by atoms with E-state index in [-0.39, 0.29) is 36.9 Å². The number of nitrogens with one attached hydrogen (secondary N) is 6. The Morgan fingerprint density at radius 3 is 1.18 bits per heavy atom. The predicted octanol–water partition coefficient (Wildman–Crippen LogP) is 1.99. The van der Waals surface area contributed by atoms with Crippen molar-refractivity contribution in [2.75, 3.05) is 52.4 Å². The van der Waals surface area contributed by atoms with E-state index < -0.39 is 0 Å². The van der Waals surface area contributed by atoms with Gasteiger partial charge in [0.2, 0.25) is 0 Å². The van der Waals surface area contributed by atoms with E-state index in [1.54, 1.807) is 0 Å². The van der Waals surface area contributed by atoms with Crippen LogP contribution >= 0.6 is 24.8 Å². The Labute approximate surface area is 183 Å². The fourth-order valence-corrected chi connectivity index (χ4v) is 2.18. The molecule has 170 valence electrons. The first-order valence-electron chi connectivity index (χ1n) is 10.2. The number of urea groups is 2. The fraction of sp³-hybridized carbons (Fsp3) is 0.889. The second-order valence-electron chi connectivity index (χ2n) is 6.28. The molecule has 0 aliphatic rings. The van der Waals surface area contributed by atoms with Crippen molar-refractivity contribution >= 4 is 36.9 Å². The molecule has 0 saturated heterocycles. The van der Waals surface area contributed by atoms with E-state index in [4.69, 9.17) is 0 Å². The van der Waals surface area contributed by atoms with Crippen molar-refractivity contribution in [1.82, 2.24) is 31.9 Å². The largest absolute Gasteiger partial charge is 0.338 e. The van der Waals surface area contributed by atoms with Gasteiger partial charge in [-0.1, -0.05) is 13.8 Å². The molecule has 0 aliphatic heterocycles. The lowest BCUT2D eigenvalue weighted by Gasteiger charge is -2.08. The third-order valence-electron chi connectivity index (χ3n) is 3.66. The van der Waals surface area contributed by atoms with Crippen molar-refractivity contribution in [3.8, 4) is 0 Å². The molecule has 0 bridgehead atoms. The van der Waals surface area contributed by atoms with Gasteiger partial charge in [0.15, 0.2) is 0 Å². The van der Waals surface area contributed by atoms with Gasteiger partial charge >= 0.3 is 12.1 Å².